The average Bonchev–Trinajstić information content (AvgIpc) is 3.30. The van der Waals surface area contributed by atoms with E-state index in [1.54, 1.807) is 6.20 Å². The van der Waals surface area contributed by atoms with Gasteiger partial charge in [-0.2, -0.15) is 5.26 Å². The number of Topliss-reactive ketones (excluding diaryl/α,β-unsaturated/α-hetero) is 2. The van der Waals surface area contributed by atoms with Crippen molar-refractivity contribution in [3.63, 3.8) is 0 Å². The third-order valence-corrected chi connectivity index (χ3v) is 5.55. The lowest BCUT2D eigenvalue weighted by molar-refractivity contribution is -0.127. The van der Waals surface area contributed by atoms with E-state index in [0.29, 0.717) is 25.2 Å². The van der Waals surface area contributed by atoms with Gasteiger partial charge < -0.3 is 10.3 Å². The van der Waals surface area contributed by atoms with Crippen molar-refractivity contribution in [2.24, 2.45) is 17.8 Å². The zero-order valence-corrected chi connectivity index (χ0v) is 15.4. The predicted octanol–water partition coefficient (Wildman–Crippen LogP) is 2.56. The fraction of sp³-hybridized carbons (Fsp3) is 0.650. The maximum absolute atomic E-state index is 12.8. The average molecular weight is 370 g/mol. The summed E-state index contributed by atoms with van der Waals surface area (Å²) in [5.41, 5.74) is 0. The summed E-state index contributed by atoms with van der Waals surface area (Å²) in [5.74, 6) is -0.145. The van der Waals surface area contributed by atoms with Gasteiger partial charge in [-0.1, -0.05) is 19.3 Å². The molecule has 7 heteroatoms. The molecular formula is C20H26N4O3. The van der Waals surface area contributed by atoms with Crippen molar-refractivity contribution in [2.75, 3.05) is 0 Å². The van der Waals surface area contributed by atoms with E-state index in [2.05, 4.69) is 21.4 Å². The van der Waals surface area contributed by atoms with Gasteiger partial charge in [-0.05, 0) is 31.6 Å². The molecule has 2 aliphatic carbocycles. The van der Waals surface area contributed by atoms with Crippen LogP contribution in [0.1, 0.15) is 68.4 Å². The Bertz CT molecular complexity index is 718. The highest BCUT2D eigenvalue weighted by molar-refractivity contribution is 5.95. The molecule has 144 valence electrons. The Labute approximate surface area is 158 Å². The first kappa shape index (κ1) is 19.3. The Morgan fingerprint density at radius 1 is 1.30 bits per heavy atom. The van der Waals surface area contributed by atoms with Crippen molar-refractivity contribution in [1.82, 2.24) is 15.3 Å². The maximum Gasteiger partial charge on any atom is 0.224 e. The predicted molar refractivity (Wildman–Crippen MR) is 97.5 cm³/mol. The molecule has 7 nitrogen and oxygen atoms in total. The molecule has 27 heavy (non-hydrogen) atoms. The van der Waals surface area contributed by atoms with Crippen molar-refractivity contribution in [3.8, 4) is 6.07 Å². The van der Waals surface area contributed by atoms with E-state index in [1.165, 1.54) is 6.20 Å². The SMILES string of the molecule is N#C[C@H](C[C@@H]1CCCCC1=O)NC(=O)[C@@H](CC(=O)c1ncc[nH]1)CC1CC1. The van der Waals surface area contributed by atoms with Gasteiger partial charge in [0.2, 0.25) is 5.91 Å². The summed E-state index contributed by atoms with van der Waals surface area (Å²) in [5, 5.41) is 12.2. The van der Waals surface area contributed by atoms with Crippen LogP contribution in [0.5, 0.6) is 0 Å². The van der Waals surface area contributed by atoms with Crippen LogP contribution in [-0.4, -0.2) is 33.5 Å². The number of rotatable bonds is 9. The van der Waals surface area contributed by atoms with Gasteiger partial charge in [-0.15, -0.1) is 0 Å². The third-order valence-electron chi connectivity index (χ3n) is 5.55. The monoisotopic (exact) mass is 370 g/mol. The Balaban J connectivity index is 1.59. The number of hydrogen-bond donors (Lipinski definition) is 2. The standard InChI is InChI=1S/C20H26N4O3/c21-12-16(10-14-3-1-2-4-17(14)25)24-20(27)15(9-13-5-6-13)11-18(26)19-22-7-8-23-19/h7-8,13-16H,1-6,9-11H2,(H,22,23)(H,24,27)/t14-,15+,16-/m0/s1. The van der Waals surface area contributed by atoms with Crippen LogP contribution in [0.4, 0.5) is 0 Å². The van der Waals surface area contributed by atoms with Crippen molar-refractivity contribution in [2.45, 2.75) is 63.8 Å². The third kappa shape index (κ3) is 5.49. The van der Waals surface area contributed by atoms with Gasteiger partial charge in [0.25, 0.3) is 0 Å². The molecule has 2 saturated carbocycles. The zero-order valence-electron chi connectivity index (χ0n) is 15.4. The van der Waals surface area contributed by atoms with E-state index >= 15 is 0 Å². The lowest BCUT2D eigenvalue weighted by Gasteiger charge is -2.24. The number of nitriles is 1. The van der Waals surface area contributed by atoms with Crippen molar-refractivity contribution in [1.29, 1.82) is 5.26 Å². The molecule has 0 saturated heterocycles. The molecule has 0 spiro atoms. The van der Waals surface area contributed by atoms with Crippen LogP contribution in [0.2, 0.25) is 0 Å². The normalized spacial score (nSPS) is 21.9. The second-order valence-corrected chi connectivity index (χ2v) is 7.78. The molecule has 0 radical (unpaired) electrons. The lowest BCUT2D eigenvalue weighted by atomic mass is 9.83. The lowest BCUT2D eigenvalue weighted by Crippen LogP contribution is -2.41. The number of aromatic amines is 1. The van der Waals surface area contributed by atoms with E-state index in [9.17, 15) is 19.6 Å². The van der Waals surface area contributed by atoms with Crippen LogP contribution in [0, 0.1) is 29.1 Å². The van der Waals surface area contributed by atoms with Crippen LogP contribution >= 0.6 is 0 Å². The Morgan fingerprint density at radius 3 is 2.74 bits per heavy atom. The quantitative estimate of drug-likeness (QED) is 0.648. The summed E-state index contributed by atoms with van der Waals surface area (Å²) in [6, 6.07) is 1.43. The van der Waals surface area contributed by atoms with Gasteiger partial charge in [-0.25, -0.2) is 4.98 Å². The topological polar surface area (TPSA) is 116 Å². The van der Waals surface area contributed by atoms with Crippen molar-refractivity contribution >= 4 is 17.5 Å². The van der Waals surface area contributed by atoms with Gasteiger partial charge >= 0.3 is 0 Å². The Morgan fingerprint density at radius 2 is 2.11 bits per heavy atom. The summed E-state index contributed by atoms with van der Waals surface area (Å²) in [4.78, 5) is 43.9. The molecule has 2 N–H and O–H groups in total. The summed E-state index contributed by atoms with van der Waals surface area (Å²) in [6.45, 7) is 0. The molecule has 0 unspecified atom stereocenters. The molecule has 2 aliphatic rings. The molecule has 3 rings (SSSR count). The maximum atomic E-state index is 12.8. The minimum Gasteiger partial charge on any atom is -0.342 e. The van der Waals surface area contributed by atoms with Crippen LogP contribution in [0.25, 0.3) is 0 Å². The molecule has 0 bridgehead atoms. The van der Waals surface area contributed by atoms with Gasteiger partial charge in [-0.3, -0.25) is 14.4 Å². The second kappa shape index (κ2) is 8.94. The minimum absolute atomic E-state index is 0.0797. The molecule has 1 heterocycles. The van der Waals surface area contributed by atoms with E-state index in [-0.39, 0.29) is 35.6 Å². The van der Waals surface area contributed by atoms with Crippen molar-refractivity contribution in [3.05, 3.63) is 18.2 Å². The molecule has 2 fully saturated rings. The number of ketones is 2. The van der Waals surface area contributed by atoms with E-state index < -0.39 is 12.0 Å². The Hall–Kier alpha value is -2.49. The van der Waals surface area contributed by atoms with Crippen molar-refractivity contribution < 1.29 is 14.4 Å². The number of carbonyl (C=O) groups is 3. The number of hydrogen-bond acceptors (Lipinski definition) is 5. The summed E-state index contributed by atoms with van der Waals surface area (Å²) < 4.78 is 0. The second-order valence-electron chi connectivity index (χ2n) is 7.78. The van der Waals surface area contributed by atoms with E-state index in [1.807, 2.05) is 0 Å². The van der Waals surface area contributed by atoms with E-state index in [0.717, 1.165) is 32.1 Å². The molecule has 0 aliphatic heterocycles. The van der Waals surface area contributed by atoms with Crippen LogP contribution in [0.3, 0.4) is 0 Å². The molecule has 3 atom stereocenters. The molecule has 1 aromatic heterocycles. The number of H-pyrrole nitrogens is 1. The molecular weight excluding hydrogens is 344 g/mol. The minimum atomic E-state index is -0.690. The Kier molecular flexibility index (Phi) is 6.38. The molecule has 1 amide bonds. The highest BCUT2D eigenvalue weighted by Crippen LogP contribution is 2.36. The van der Waals surface area contributed by atoms with Gasteiger partial charge in [0.15, 0.2) is 11.6 Å². The first-order valence-electron chi connectivity index (χ1n) is 9.82. The van der Waals surface area contributed by atoms with E-state index in [4.69, 9.17) is 0 Å². The number of imidazole rings is 1. The first-order valence-corrected chi connectivity index (χ1v) is 9.82. The fourth-order valence-electron chi connectivity index (χ4n) is 3.80. The zero-order chi connectivity index (χ0) is 19.2. The summed E-state index contributed by atoms with van der Waals surface area (Å²) in [7, 11) is 0. The number of amides is 1. The number of carbonyl (C=O) groups excluding carboxylic acids is 3. The highest BCUT2D eigenvalue weighted by Gasteiger charge is 2.33. The first-order chi connectivity index (χ1) is 13.1. The van der Waals surface area contributed by atoms with Gasteiger partial charge in [0.05, 0.1) is 6.07 Å². The summed E-state index contributed by atoms with van der Waals surface area (Å²) in [6.07, 6.45) is 9.61. The largest absolute Gasteiger partial charge is 0.342 e. The number of nitrogens with one attached hydrogen (secondary N) is 2. The number of aromatic nitrogens is 2. The highest BCUT2D eigenvalue weighted by atomic mass is 16.2. The summed E-state index contributed by atoms with van der Waals surface area (Å²) >= 11 is 0. The number of nitrogens with zero attached hydrogens (tertiary/aromatic N) is 2. The molecule has 1 aromatic rings. The van der Waals surface area contributed by atoms with Crippen LogP contribution < -0.4 is 5.32 Å². The van der Waals surface area contributed by atoms with Crippen LogP contribution in [0.15, 0.2) is 12.4 Å². The van der Waals surface area contributed by atoms with Crippen LogP contribution in [-0.2, 0) is 9.59 Å². The van der Waals surface area contributed by atoms with Gasteiger partial charge in [0.1, 0.15) is 11.8 Å². The van der Waals surface area contributed by atoms with Gasteiger partial charge in [0, 0.05) is 37.1 Å². The smallest absolute Gasteiger partial charge is 0.224 e. The molecule has 0 aromatic carbocycles. The fourth-order valence-corrected chi connectivity index (χ4v) is 3.80.